The summed E-state index contributed by atoms with van der Waals surface area (Å²) in [6.07, 6.45) is 5.18. The minimum absolute atomic E-state index is 0.107. The first-order valence-electron chi connectivity index (χ1n) is 7.69. The highest BCUT2D eigenvalue weighted by molar-refractivity contribution is 9.09. The Hall–Kier alpha value is -0.370. The summed E-state index contributed by atoms with van der Waals surface area (Å²) in [5.41, 5.74) is 2.40. The van der Waals surface area contributed by atoms with Gasteiger partial charge in [-0.1, -0.05) is 48.8 Å². The number of halogens is 2. The second-order valence-electron chi connectivity index (χ2n) is 7.39. The summed E-state index contributed by atoms with van der Waals surface area (Å²) in [5, 5.41) is 0. The smallest absolute Gasteiger partial charge is 0.126 e. The van der Waals surface area contributed by atoms with Crippen LogP contribution in [0.15, 0.2) is 18.2 Å². The van der Waals surface area contributed by atoms with E-state index in [9.17, 15) is 4.39 Å². The normalized spacial score (nSPS) is 25.5. The third-order valence-electron chi connectivity index (χ3n) is 4.91. The van der Waals surface area contributed by atoms with Crippen molar-refractivity contribution in [1.29, 1.82) is 0 Å². The van der Waals surface area contributed by atoms with Gasteiger partial charge in [-0.2, -0.15) is 0 Å². The van der Waals surface area contributed by atoms with E-state index in [-0.39, 0.29) is 5.82 Å². The SMILES string of the molecule is Cc1cc(C(Br)C2CCC(C(C)(C)C)CC2)ccc1F. The zero-order chi connectivity index (χ0) is 14.9. The van der Waals surface area contributed by atoms with Gasteiger partial charge in [0.15, 0.2) is 0 Å². The number of hydrogen-bond acceptors (Lipinski definition) is 0. The van der Waals surface area contributed by atoms with E-state index < -0.39 is 0 Å². The van der Waals surface area contributed by atoms with Crippen molar-refractivity contribution in [3.63, 3.8) is 0 Å². The molecule has 0 saturated heterocycles. The molecule has 0 radical (unpaired) electrons. The fraction of sp³-hybridized carbons (Fsp3) is 0.667. The predicted molar refractivity (Wildman–Crippen MR) is 87.7 cm³/mol. The summed E-state index contributed by atoms with van der Waals surface area (Å²) in [6.45, 7) is 8.90. The van der Waals surface area contributed by atoms with Crippen LogP contribution in [0.2, 0.25) is 0 Å². The maximum absolute atomic E-state index is 13.4. The average Bonchev–Trinajstić information content (AvgIpc) is 2.40. The second kappa shape index (κ2) is 6.17. The molecule has 1 aliphatic rings. The maximum Gasteiger partial charge on any atom is 0.126 e. The van der Waals surface area contributed by atoms with Crippen LogP contribution in [-0.2, 0) is 0 Å². The van der Waals surface area contributed by atoms with Crippen molar-refractivity contribution in [2.75, 3.05) is 0 Å². The lowest BCUT2D eigenvalue weighted by molar-refractivity contribution is 0.149. The summed E-state index contributed by atoms with van der Waals surface area (Å²) in [4.78, 5) is 0.364. The van der Waals surface area contributed by atoms with Crippen molar-refractivity contribution in [3.05, 3.63) is 35.1 Å². The number of benzene rings is 1. The monoisotopic (exact) mass is 340 g/mol. The van der Waals surface area contributed by atoms with Crippen molar-refractivity contribution in [2.24, 2.45) is 17.3 Å². The first kappa shape index (κ1) is 16.0. The molecule has 1 atom stereocenters. The van der Waals surface area contributed by atoms with Crippen LogP contribution in [0.3, 0.4) is 0 Å². The lowest BCUT2D eigenvalue weighted by Crippen LogP contribution is -2.27. The van der Waals surface area contributed by atoms with Crippen molar-refractivity contribution in [2.45, 2.75) is 58.2 Å². The third kappa shape index (κ3) is 3.63. The zero-order valence-corrected chi connectivity index (χ0v) is 14.6. The zero-order valence-electron chi connectivity index (χ0n) is 13.0. The highest BCUT2D eigenvalue weighted by Crippen LogP contribution is 2.46. The van der Waals surface area contributed by atoms with Crippen molar-refractivity contribution < 1.29 is 4.39 Å². The van der Waals surface area contributed by atoms with E-state index in [2.05, 4.69) is 36.7 Å². The average molecular weight is 341 g/mol. The van der Waals surface area contributed by atoms with Gasteiger partial charge >= 0.3 is 0 Å². The van der Waals surface area contributed by atoms with Gasteiger partial charge in [-0.3, -0.25) is 0 Å². The Kier molecular flexibility index (Phi) is 4.94. The molecule has 1 aromatic rings. The Morgan fingerprint density at radius 1 is 1.15 bits per heavy atom. The van der Waals surface area contributed by atoms with Gasteiger partial charge in [-0.25, -0.2) is 4.39 Å². The molecule has 1 fully saturated rings. The lowest BCUT2D eigenvalue weighted by Gasteiger charge is -2.38. The third-order valence-corrected chi connectivity index (χ3v) is 6.19. The van der Waals surface area contributed by atoms with Crippen LogP contribution in [0.5, 0.6) is 0 Å². The Bertz CT molecular complexity index is 453. The summed E-state index contributed by atoms with van der Waals surface area (Å²) < 4.78 is 13.4. The van der Waals surface area contributed by atoms with Gasteiger partial charge in [0.25, 0.3) is 0 Å². The number of hydrogen-bond donors (Lipinski definition) is 0. The lowest BCUT2D eigenvalue weighted by atomic mass is 9.69. The van der Waals surface area contributed by atoms with Crippen LogP contribution in [0.25, 0.3) is 0 Å². The fourth-order valence-electron chi connectivity index (χ4n) is 3.39. The molecular formula is C18H26BrF. The standard InChI is InChI=1S/C18H26BrF/c1-12-11-14(7-10-16(12)20)17(19)13-5-8-15(9-6-13)18(2,3)4/h7,10-11,13,15,17H,5-6,8-9H2,1-4H3. The maximum atomic E-state index is 13.4. The molecule has 2 rings (SSSR count). The molecule has 1 aliphatic carbocycles. The molecule has 0 spiro atoms. The largest absolute Gasteiger partial charge is 0.207 e. The summed E-state index contributed by atoms with van der Waals surface area (Å²) in [6, 6.07) is 5.52. The van der Waals surface area contributed by atoms with E-state index >= 15 is 0 Å². The molecule has 0 aromatic heterocycles. The van der Waals surface area contributed by atoms with Crippen LogP contribution < -0.4 is 0 Å². The van der Waals surface area contributed by atoms with Gasteiger partial charge in [-0.05, 0) is 67.1 Å². The summed E-state index contributed by atoms with van der Waals surface area (Å²) in [5.74, 6) is 1.41. The fourth-order valence-corrected chi connectivity index (χ4v) is 4.20. The molecule has 0 nitrogen and oxygen atoms in total. The van der Waals surface area contributed by atoms with E-state index in [4.69, 9.17) is 0 Å². The van der Waals surface area contributed by atoms with Crippen LogP contribution in [-0.4, -0.2) is 0 Å². The second-order valence-corrected chi connectivity index (χ2v) is 8.37. The Morgan fingerprint density at radius 3 is 2.25 bits per heavy atom. The number of alkyl halides is 1. The molecule has 1 unspecified atom stereocenters. The molecule has 0 amide bonds. The molecule has 0 bridgehead atoms. The Morgan fingerprint density at radius 2 is 1.75 bits per heavy atom. The van der Waals surface area contributed by atoms with Gasteiger partial charge < -0.3 is 0 Å². The van der Waals surface area contributed by atoms with E-state index in [0.717, 1.165) is 11.5 Å². The van der Waals surface area contributed by atoms with Gasteiger partial charge in [0.2, 0.25) is 0 Å². The van der Waals surface area contributed by atoms with E-state index in [1.54, 1.807) is 6.07 Å². The molecule has 0 aliphatic heterocycles. The molecular weight excluding hydrogens is 315 g/mol. The Balaban J connectivity index is 2.01. The number of rotatable bonds is 2. The molecule has 0 N–H and O–H groups in total. The molecule has 0 heterocycles. The first-order chi connectivity index (χ1) is 9.29. The molecule has 112 valence electrons. The van der Waals surface area contributed by atoms with Crippen molar-refractivity contribution in [1.82, 2.24) is 0 Å². The van der Waals surface area contributed by atoms with Gasteiger partial charge in [0.05, 0.1) is 0 Å². The summed E-state index contributed by atoms with van der Waals surface area (Å²) in [7, 11) is 0. The quantitative estimate of drug-likeness (QED) is 0.544. The van der Waals surface area contributed by atoms with E-state index in [1.807, 2.05) is 19.1 Å². The topological polar surface area (TPSA) is 0 Å². The summed E-state index contributed by atoms with van der Waals surface area (Å²) >= 11 is 3.85. The highest BCUT2D eigenvalue weighted by atomic mass is 79.9. The minimum Gasteiger partial charge on any atom is -0.207 e. The first-order valence-corrected chi connectivity index (χ1v) is 8.60. The highest BCUT2D eigenvalue weighted by Gasteiger charge is 2.32. The predicted octanol–water partition coefficient (Wildman–Crippen LogP) is 6.42. The van der Waals surface area contributed by atoms with Crippen molar-refractivity contribution in [3.8, 4) is 0 Å². The van der Waals surface area contributed by atoms with Crippen LogP contribution >= 0.6 is 15.9 Å². The molecule has 2 heteroatoms. The number of aryl methyl sites for hydroxylation is 1. The van der Waals surface area contributed by atoms with Gasteiger partial charge in [-0.15, -0.1) is 0 Å². The van der Waals surface area contributed by atoms with Gasteiger partial charge in [0.1, 0.15) is 5.82 Å². The molecule has 20 heavy (non-hydrogen) atoms. The molecule has 1 saturated carbocycles. The van der Waals surface area contributed by atoms with Crippen LogP contribution in [0.1, 0.15) is 62.4 Å². The molecule has 1 aromatic carbocycles. The van der Waals surface area contributed by atoms with Crippen molar-refractivity contribution >= 4 is 15.9 Å². The van der Waals surface area contributed by atoms with Gasteiger partial charge in [0, 0.05) is 4.83 Å². The van der Waals surface area contributed by atoms with Crippen LogP contribution in [0, 0.1) is 30.0 Å². The minimum atomic E-state index is -0.107. The van der Waals surface area contributed by atoms with E-state index in [1.165, 1.54) is 31.2 Å². The van der Waals surface area contributed by atoms with E-state index in [0.29, 0.717) is 16.2 Å². The Labute approximate surface area is 131 Å². The van der Waals surface area contributed by atoms with Crippen LogP contribution in [0.4, 0.5) is 4.39 Å².